The van der Waals surface area contributed by atoms with Crippen molar-refractivity contribution in [1.82, 2.24) is 0 Å². The molecule has 0 spiro atoms. The van der Waals surface area contributed by atoms with Crippen molar-refractivity contribution in [2.45, 2.75) is 4.58 Å². The van der Waals surface area contributed by atoms with E-state index in [1.165, 1.54) is 18.2 Å². The number of anilines is 2. The topological polar surface area (TPSA) is 161 Å². The summed E-state index contributed by atoms with van der Waals surface area (Å²) in [6, 6.07) is 7.53. The fraction of sp³-hybridized carbons (Fsp3) is 0.0909. The minimum Gasteiger partial charge on any atom is -0.397 e. The molecule has 0 atom stereocenters. The number of hydrogen-bond acceptors (Lipinski definition) is 6. The van der Waals surface area contributed by atoms with Crippen LogP contribution in [0.3, 0.4) is 0 Å². The van der Waals surface area contributed by atoms with Crippen LogP contribution in [0.4, 0.5) is 11.4 Å². The summed E-state index contributed by atoms with van der Waals surface area (Å²) in [5, 5.41) is 0.556. The van der Waals surface area contributed by atoms with E-state index in [0.717, 1.165) is 0 Å². The first-order valence-electron chi connectivity index (χ1n) is 5.52. The first-order valence-corrected chi connectivity index (χ1v) is 8.53. The van der Waals surface area contributed by atoms with Crippen LogP contribution in [0, 0.1) is 0 Å². The van der Waals surface area contributed by atoms with Crippen LogP contribution in [0.2, 0.25) is 0 Å². The minimum absolute atomic E-state index is 0.0685. The molecule has 0 saturated heterocycles. The Kier molecular flexibility index (Phi) is 3.58. The summed E-state index contributed by atoms with van der Waals surface area (Å²) in [5.41, 5.74) is 10.4. The van der Waals surface area contributed by atoms with Crippen molar-refractivity contribution in [2.24, 2.45) is 0 Å². The van der Waals surface area contributed by atoms with Gasteiger partial charge in [0.2, 0.25) is 4.58 Å². The van der Waals surface area contributed by atoms with E-state index in [1.54, 1.807) is 12.1 Å². The lowest BCUT2D eigenvalue weighted by Crippen LogP contribution is -2.23. The van der Waals surface area contributed by atoms with Gasteiger partial charge in [-0.2, -0.15) is 16.8 Å². The molecular weight excluding hydrogens is 320 g/mol. The number of hydrogen-bond donors (Lipinski definition) is 4. The van der Waals surface area contributed by atoms with Crippen LogP contribution < -0.4 is 11.5 Å². The lowest BCUT2D eigenvalue weighted by atomic mass is 10.0. The highest BCUT2D eigenvalue weighted by atomic mass is 32.3. The van der Waals surface area contributed by atoms with Gasteiger partial charge in [-0.1, -0.05) is 24.3 Å². The van der Waals surface area contributed by atoms with E-state index in [9.17, 15) is 25.9 Å². The van der Waals surface area contributed by atoms with Gasteiger partial charge < -0.3 is 11.5 Å². The van der Waals surface area contributed by atoms with Crippen molar-refractivity contribution in [3.63, 3.8) is 0 Å². The monoisotopic (exact) mass is 332 g/mol. The van der Waals surface area contributed by atoms with Crippen LogP contribution in [0.25, 0.3) is 10.8 Å². The van der Waals surface area contributed by atoms with Crippen LogP contribution >= 0.6 is 0 Å². The number of fused-ring (bicyclic) bond motifs is 1. The zero-order chi connectivity index (χ0) is 16.0. The molecule has 0 radical (unpaired) electrons. The zero-order valence-corrected chi connectivity index (χ0v) is 12.1. The molecule has 0 aromatic heterocycles. The van der Waals surface area contributed by atoms with Gasteiger partial charge >= 0.3 is 0 Å². The number of benzene rings is 2. The average Bonchev–Trinajstić information content (AvgIpc) is 2.31. The fourth-order valence-corrected chi connectivity index (χ4v) is 4.45. The normalized spacial score (nSPS) is 12.9. The average molecular weight is 332 g/mol. The summed E-state index contributed by atoms with van der Waals surface area (Å²) >= 11 is 0. The molecule has 8 nitrogen and oxygen atoms in total. The van der Waals surface area contributed by atoms with Crippen LogP contribution in [0.5, 0.6) is 0 Å². The van der Waals surface area contributed by atoms with Gasteiger partial charge in [0.15, 0.2) is 0 Å². The summed E-state index contributed by atoms with van der Waals surface area (Å²) in [4.78, 5) is 0. The molecule has 2 rings (SSSR count). The van der Waals surface area contributed by atoms with E-state index in [2.05, 4.69) is 0 Å². The molecule has 10 heteroatoms. The molecule has 2 aromatic carbocycles. The molecule has 2 aromatic rings. The van der Waals surface area contributed by atoms with Gasteiger partial charge in [-0.25, -0.2) is 0 Å². The number of nitrogens with two attached hydrogens (primary N) is 2. The predicted molar refractivity (Wildman–Crippen MR) is 78.6 cm³/mol. The van der Waals surface area contributed by atoms with Gasteiger partial charge in [-0.05, 0) is 16.8 Å². The molecule has 0 aliphatic heterocycles. The highest BCUT2D eigenvalue weighted by Crippen LogP contribution is 2.39. The fourth-order valence-electron chi connectivity index (χ4n) is 2.12. The summed E-state index contributed by atoms with van der Waals surface area (Å²) in [7, 11) is -10.4. The van der Waals surface area contributed by atoms with Crippen molar-refractivity contribution in [3.8, 4) is 0 Å². The van der Waals surface area contributed by atoms with E-state index in [-0.39, 0.29) is 16.8 Å². The molecule has 0 fully saturated rings. The first-order chi connectivity index (χ1) is 9.53. The maximum absolute atomic E-state index is 11.4. The maximum Gasteiger partial charge on any atom is 0.289 e. The molecule has 0 bridgehead atoms. The summed E-state index contributed by atoms with van der Waals surface area (Å²) < 4.78 is 61.4. The van der Waals surface area contributed by atoms with Crippen LogP contribution in [-0.2, 0) is 20.2 Å². The Morgan fingerprint density at radius 2 is 1.48 bits per heavy atom. The van der Waals surface area contributed by atoms with Crippen LogP contribution in [-0.4, -0.2) is 25.9 Å². The standard InChI is InChI=1S/C11H12N2O6S2/c12-8-5-6-3-1-2-4-7(6)9(10(8)13)11(20(14,15)16)21(17,18)19/h1-5,11H,12-13H2,(H,14,15,16)(H,17,18,19). The third kappa shape index (κ3) is 2.78. The minimum atomic E-state index is -5.18. The van der Waals surface area contributed by atoms with Gasteiger partial charge in [0.05, 0.1) is 11.4 Å². The lowest BCUT2D eigenvalue weighted by molar-refractivity contribution is 0.457. The van der Waals surface area contributed by atoms with Crippen molar-refractivity contribution in [2.75, 3.05) is 11.5 Å². The van der Waals surface area contributed by atoms with Crippen molar-refractivity contribution < 1.29 is 25.9 Å². The highest BCUT2D eigenvalue weighted by molar-refractivity contribution is 8.03. The van der Waals surface area contributed by atoms with Gasteiger partial charge in [0, 0.05) is 5.56 Å². The molecule has 0 aliphatic rings. The predicted octanol–water partition coefficient (Wildman–Crippen LogP) is 0.778. The molecule has 21 heavy (non-hydrogen) atoms. The van der Waals surface area contributed by atoms with Crippen molar-refractivity contribution in [1.29, 1.82) is 0 Å². The van der Waals surface area contributed by atoms with E-state index < -0.39 is 30.4 Å². The van der Waals surface area contributed by atoms with E-state index in [0.29, 0.717) is 5.39 Å². The SMILES string of the molecule is Nc1cc2ccccc2c(C(S(=O)(=O)O)S(=O)(=O)O)c1N. The highest BCUT2D eigenvalue weighted by Gasteiger charge is 2.40. The Labute approximate surface area is 120 Å². The van der Waals surface area contributed by atoms with Crippen LogP contribution in [0.15, 0.2) is 30.3 Å². The van der Waals surface area contributed by atoms with Gasteiger partial charge in [0.25, 0.3) is 20.2 Å². The number of rotatable bonds is 3. The second-order valence-corrected chi connectivity index (χ2v) is 7.68. The Morgan fingerprint density at radius 3 is 2.00 bits per heavy atom. The van der Waals surface area contributed by atoms with E-state index >= 15 is 0 Å². The Bertz CT molecular complexity index is 889. The molecule has 0 saturated carbocycles. The Hall–Kier alpha value is -1.88. The second kappa shape index (κ2) is 4.84. The van der Waals surface area contributed by atoms with Gasteiger partial charge in [-0.3, -0.25) is 9.11 Å². The third-order valence-electron chi connectivity index (χ3n) is 2.94. The summed E-state index contributed by atoms with van der Waals surface area (Å²) in [5.74, 6) is 0. The maximum atomic E-state index is 11.4. The summed E-state index contributed by atoms with van der Waals surface area (Å²) in [6.07, 6.45) is 0. The molecule has 114 valence electrons. The molecular formula is C11H12N2O6S2. The Morgan fingerprint density at radius 1 is 0.952 bits per heavy atom. The second-order valence-electron chi connectivity index (χ2n) is 4.38. The quantitative estimate of drug-likeness (QED) is 0.473. The Balaban J connectivity index is 3.03. The van der Waals surface area contributed by atoms with Crippen LogP contribution in [0.1, 0.15) is 10.1 Å². The van der Waals surface area contributed by atoms with E-state index in [4.69, 9.17) is 11.5 Å². The van der Waals surface area contributed by atoms with Gasteiger partial charge in [0.1, 0.15) is 0 Å². The molecule has 0 heterocycles. The molecule has 0 unspecified atom stereocenters. The smallest absolute Gasteiger partial charge is 0.289 e. The zero-order valence-electron chi connectivity index (χ0n) is 10.5. The first kappa shape index (κ1) is 15.5. The largest absolute Gasteiger partial charge is 0.397 e. The van der Waals surface area contributed by atoms with E-state index in [1.807, 2.05) is 0 Å². The van der Waals surface area contributed by atoms with Crippen molar-refractivity contribution in [3.05, 3.63) is 35.9 Å². The lowest BCUT2D eigenvalue weighted by Gasteiger charge is -2.17. The van der Waals surface area contributed by atoms with Crippen molar-refractivity contribution >= 4 is 42.4 Å². The number of nitrogen functional groups attached to an aromatic ring is 2. The summed E-state index contributed by atoms with van der Waals surface area (Å²) in [6.45, 7) is 0. The molecule has 0 amide bonds. The van der Waals surface area contributed by atoms with Gasteiger partial charge in [-0.15, -0.1) is 0 Å². The molecule has 0 aliphatic carbocycles. The molecule has 6 N–H and O–H groups in total. The third-order valence-corrected chi connectivity index (χ3v) is 5.95.